The lowest BCUT2D eigenvalue weighted by molar-refractivity contribution is 0.0817. The summed E-state index contributed by atoms with van der Waals surface area (Å²) in [6, 6.07) is 2.81. The summed E-state index contributed by atoms with van der Waals surface area (Å²) in [6.07, 6.45) is 0.773. The molecule has 8 heteroatoms. The molecule has 24 heavy (non-hydrogen) atoms. The molecule has 0 saturated heterocycles. The molecule has 6 nitrogen and oxygen atoms in total. The number of nitrogens with one attached hydrogen (secondary N) is 1. The molecule has 0 fully saturated rings. The second-order valence-electron chi connectivity index (χ2n) is 7.34. The van der Waals surface area contributed by atoms with Crippen LogP contribution >= 0.6 is 11.6 Å². The molecule has 0 aliphatic carbocycles. The van der Waals surface area contributed by atoms with Crippen molar-refractivity contribution >= 4 is 42.8 Å². The van der Waals surface area contributed by atoms with E-state index in [4.69, 9.17) is 16.3 Å². The third kappa shape index (κ3) is 4.78. The van der Waals surface area contributed by atoms with Gasteiger partial charge in [-0.15, -0.1) is 0 Å². The van der Waals surface area contributed by atoms with Crippen molar-refractivity contribution in [3.8, 4) is 0 Å². The van der Waals surface area contributed by atoms with Crippen LogP contribution in [0.2, 0.25) is 30.8 Å². The molecule has 0 aliphatic rings. The molecule has 0 amide bonds. The molecule has 0 saturated carbocycles. The fourth-order valence-electron chi connectivity index (χ4n) is 2.26. The minimum Gasteiger partial charge on any atom is -0.365 e. The Balaban J connectivity index is 2.32. The van der Waals surface area contributed by atoms with Crippen LogP contribution in [0, 0.1) is 0 Å². The highest BCUT2D eigenvalue weighted by Crippen LogP contribution is 2.26. The fraction of sp³-hybridized carbons (Fsp3) is 0.562. The maximum absolute atomic E-state index is 11.4. The van der Waals surface area contributed by atoms with Crippen LogP contribution in [0.1, 0.15) is 24.2 Å². The average Bonchev–Trinajstić information content (AvgIpc) is 2.79. The van der Waals surface area contributed by atoms with Crippen molar-refractivity contribution in [3.63, 3.8) is 0 Å². The van der Waals surface area contributed by atoms with Crippen LogP contribution in [0.15, 0.2) is 6.07 Å². The lowest BCUT2D eigenvalue weighted by Gasteiger charge is -2.15. The first-order chi connectivity index (χ1) is 11.2. The number of carbonyl (C=O) groups excluding carboxylic acids is 1. The van der Waals surface area contributed by atoms with E-state index in [9.17, 15) is 4.79 Å². The van der Waals surface area contributed by atoms with E-state index in [1.807, 2.05) is 13.8 Å². The number of pyridine rings is 1. The number of anilines is 1. The predicted molar refractivity (Wildman–Crippen MR) is 101 cm³/mol. The van der Waals surface area contributed by atoms with E-state index in [0.717, 1.165) is 12.3 Å². The molecule has 0 aliphatic heterocycles. The molecule has 132 valence electrons. The van der Waals surface area contributed by atoms with Crippen molar-refractivity contribution in [2.45, 2.75) is 52.3 Å². The second kappa shape index (κ2) is 7.63. The molecule has 2 heterocycles. The zero-order chi connectivity index (χ0) is 17.9. The van der Waals surface area contributed by atoms with Crippen LogP contribution in [-0.4, -0.2) is 41.8 Å². The highest BCUT2D eigenvalue weighted by atomic mass is 35.5. The summed E-state index contributed by atoms with van der Waals surface area (Å²) in [5, 5.41) is 8.04. The van der Waals surface area contributed by atoms with Gasteiger partial charge in [-0.05, 0) is 26.0 Å². The summed E-state index contributed by atoms with van der Waals surface area (Å²) in [5.74, 6) is 0.611. The van der Waals surface area contributed by atoms with E-state index in [0.29, 0.717) is 29.0 Å². The Morgan fingerprint density at radius 1 is 1.42 bits per heavy atom. The Bertz CT molecular complexity index is 725. The fourth-order valence-corrected chi connectivity index (χ4v) is 3.22. The lowest BCUT2D eigenvalue weighted by Crippen LogP contribution is -2.22. The van der Waals surface area contributed by atoms with Crippen molar-refractivity contribution in [1.29, 1.82) is 0 Å². The van der Waals surface area contributed by atoms with E-state index in [1.54, 1.807) is 10.7 Å². The van der Waals surface area contributed by atoms with Crippen LogP contribution < -0.4 is 5.32 Å². The van der Waals surface area contributed by atoms with Gasteiger partial charge >= 0.3 is 0 Å². The quantitative estimate of drug-likeness (QED) is 0.329. The molecule has 0 radical (unpaired) electrons. The summed E-state index contributed by atoms with van der Waals surface area (Å²) in [4.78, 5) is 15.8. The van der Waals surface area contributed by atoms with Gasteiger partial charge in [-0.2, -0.15) is 5.10 Å². The molecular weight excluding hydrogens is 344 g/mol. The molecule has 0 bridgehead atoms. The topological polar surface area (TPSA) is 69.0 Å². The largest absolute Gasteiger partial charge is 0.365 e. The van der Waals surface area contributed by atoms with E-state index < -0.39 is 8.07 Å². The highest BCUT2D eigenvalue weighted by Gasteiger charge is 2.18. The molecule has 1 N–H and O–H groups in total. The van der Waals surface area contributed by atoms with Crippen molar-refractivity contribution in [1.82, 2.24) is 14.8 Å². The van der Waals surface area contributed by atoms with Gasteiger partial charge in [0.25, 0.3) is 0 Å². The van der Waals surface area contributed by atoms with Crippen molar-refractivity contribution in [3.05, 3.63) is 16.8 Å². The first-order valence-electron chi connectivity index (χ1n) is 8.08. The van der Waals surface area contributed by atoms with Gasteiger partial charge < -0.3 is 10.1 Å². The molecule has 0 atom stereocenters. The first kappa shape index (κ1) is 18.9. The maximum Gasteiger partial charge on any atom is 0.175 e. The Morgan fingerprint density at radius 3 is 2.71 bits per heavy atom. The Morgan fingerprint density at radius 2 is 2.12 bits per heavy atom. The highest BCUT2D eigenvalue weighted by molar-refractivity contribution is 6.76. The summed E-state index contributed by atoms with van der Waals surface area (Å²) in [7, 11) is -1.14. The van der Waals surface area contributed by atoms with Gasteiger partial charge in [0.1, 0.15) is 22.9 Å². The standard InChI is InChI=1S/C16H25ClN4O2Si/c1-11(2)18-16-14-15(12(9-22)8-13(17)19-14)21(20-16)10-23-6-7-24(3,4)5/h8-9,11H,6-7,10H2,1-5H3,(H,18,20). The van der Waals surface area contributed by atoms with Gasteiger partial charge in [0, 0.05) is 26.3 Å². The van der Waals surface area contributed by atoms with Crippen molar-refractivity contribution in [2.24, 2.45) is 0 Å². The smallest absolute Gasteiger partial charge is 0.175 e. The van der Waals surface area contributed by atoms with Crippen LogP contribution in [0.25, 0.3) is 11.0 Å². The van der Waals surface area contributed by atoms with Crippen LogP contribution in [0.3, 0.4) is 0 Å². The third-order valence-corrected chi connectivity index (χ3v) is 5.35. The number of halogens is 1. The summed E-state index contributed by atoms with van der Waals surface area (Å²) in [6.45, 7) is 11.9. The van der Waals surface area contributed by atoms with E-state index in [-0.39, 0.29) is 17.9 Å². The zero-order valence-corrected chi connectivity index (χ0v) is 16.6. The number of fused-ring (bicyclic) bond motifs is 1. The first-order valence-corrected chi connectivity index (χ1v) is 12.2. The molecule has 2 aromatic heterocycles. The number of carbonyl (C=O) groups is 1. The molecule has 2 aromatic rings. The minimum atomic E-state index is -1.14. The van der Waals surface area contributed by atoms with Gasteiger partial charge in [0.15, 0.2) is 12.1 Å². The molecule has 0 unspecified atom stereocenters. The van der Waals surface area contributed by atoms with Gasteiger partial charge in [-0.25, -0.2) is 9.67 Å². The monoisotopic (exact) mass is 368 g/mol. The van der Waals surface area contributed by atoms with Gasteiger partial charge in [0.05, 0.1) is 0 Å². The van der Waals surface area contributed by atoms with Crippen molar-refractivity contribution in [2.75, 3.05) is 11.9 Å². The summed E-state index contributed by atoms with van der Waals surface area (Å²) >= 11 is 6.04. The number of aldehydes is 1. The van der Waals surface area contributed by atoms with Crippen molar-refractivity contribution < 1.29 is 9.53 Å². The number of hydrogen-bond donors (Lipinski definition) is 1. The minimum absolute atomic E-state index is 0.185. The average molecular weight is 369 g/mol. The predicted octanol–water partition coefficient (Wildman–Crippen LogP) is 4.03. The third-order valence-electron chi connectivity index (χ3n) is 3.46. The number of hydrogen-bond acceptors (Lipinski definition) is 5. The van der Waals surface area contributed by atoms with E-state index in [2.05, 4.69) is 35.0 Å². The van der Waals surface area contributed by atoms with Crippen LogP contribution in [0.5, 0.6) is 0 Å². The van der Waals surface area contributed by atoms with Crippen LogP contribution in [0.4, 0.5) is 5.82 Å². The molecule has 0 spiro atoms. The Kier molecular flexibility index (Phi) is 6.00. The van der Waals surface area contributed by atoms with Crippen LogP contribution in [-0.2, 0) is 11.5 Å². The van der Waals surface area contributed by atoms with E-state index in [1.165, 1.54) is 0 Å². The molecule has 0 aromatic carbocycles. The van der Waals surface area contributed by atoms with E-state index >= 15 is 0 Å². The summed E-state index contributed by atoms with van der Waals surface area (Å²) in [5.41, 5.74) is 1.70. The second-order valence-corrected chi connectivity index (χ2v) is 13.4. The number of aromatic nitrogens is 3. The SMILES string of the molecule is CC(C)Nc1nn(COCC[Si](C)(C)C)c2c(C=O)cc(Cl)nc12. The maximum atomic E-state index is 11.4. The normalized spacial score (nSPS) is 12.1. The number of rotatable bonds is 8. The number of nitrogens with zero attached hydrogens (tertiary/aromatic N) is 3. The lowest BCUT2D eigenvalue weighted by atomic mass is 10.2. The zero-order valence-electron chi connectivity index (χ0n) is 14.9. The Labute approximate surface area is 148 Å². The van der Waals surface area contributed by atoms with Gasteiger partial charge in [-0.1, -0.05) is 31.2 Å². The van der Waals surface area contributed by atoms with Gasteiger partial charge in [0.2, 0.25) is 0 Å². The molecular formula is C16H25ClN4O2Si. The number of ether oxygens (including phenoxy) is 1. The summed E-state index contributed by atoms with van der Waals surface area (Å²) < 4.78 is 7.46. The van der Waals surface area contributed by atoms with Gasteiger partial charge in [-0.3, -0.25) is 4.79 Å². The molecule has 2 rings (SSSR count). The Hall–Kier alpha value is -1.44.